The molecule has 0 spiro atoms. The van der Waals surface area contributed by atoms with Gasteiger partial charge in [-0.15, -0.1) is 0 Å². The molecule has 1 aromatic rings. The molecule has 1 fully saturated rings. The summed E-state index contributed by atoms with van der Waals surface area (Å²) in [5.74, 6) is 0.0623. The summed E-state index contributed by atoms with van der Waals surface area (Å²) in [6.45, 7) is 8.33. The summed E-state index contributed by atoms with van der Waals surface area (Å²) in [7, 11) is -0.306. The third-order valence-corrected chi connectivity index (χ3v) is 4.27. The van der Waals surface area contributed by atoms with E-state index in [0.29, 0.717) is 6.42 Å². The second-order valence-electron chi connectivity index (χ2n) is 6.15. The smallest absolute Gasteiger partial charge is 0.403 e. The van der Waals surface area contributed by atoms with E-state index in [-0.39, 0.29) is 30.7 Å². The van der Waals surface area contributed by atoms with E-state index < -0.39 is 0 Å². The number of rotatable bonds is 4. The topological polar surface area (TPSA) is 38.7 Å². The van der Waals surface area contributed by atoms with Crippen LogP contribution in [0.4, 0.5) is 0 Å². The van der Waals surface area contributed by atoms with Crippen molar-refractivity contribution in [3.63, 3.8) is 0 Å². The number of aliphatic hydroxyl groups is 1. The molecule has 1 aromatic carbocycles. The quantitative estimate of drug-likeness (QED) is 0.848. The van der Waals surface area contributed by atoms with Gasteiger partial charge in [-0.2, -0.15) is 0 Å². The molecule has 1 aliphatic heterocycles. The van der Waals surface area contributed by atoms with E-state index in [1.165, 1.54) is 0 Å². The Bertz CT molecular complexity index is 401. The largest absolute Gasteiger partial charge is 0.465 e. The van der Waals surface area contributed by atoms with Crippen LogP contribution in [0, 0.1) is 0 Å². The summed E-state index contributed by atoms with van der Waals surface area (Å²) in [5, 5.41) is 9.31. The Morgan fingerprint density at radius 1 is 1.05 bits per heavy atom. The predicted octanol–water partition coefficient (Wildman–Crippen LogP) is 2.78. The van der Waals surface area contributed by atoms with Gasteiger partial charge in [0.05, 0.1) is 11.2 Å². The highest BCUT2D eigenvalue weighted by Crippen LogP contribution is 2.41. The molecule has 0 aromatic heterocycles. The molecule has 104 valence electrons. The van der Waals surface area contributed by atoms with Crippen LogP contribution < -0.4 is 0 Å². The minimum Gasteiger partial charge on any atom is -0.403 e. The van der Waals surface area contributed by atoms with Gasteiger partial charge in [-0.25, -0.2) is 0 Å². The first-order chi connectivity index (χ1) is 8.87. The van der Waals surface area contributed by atoms with Crippen molar-refractivity contribution >= 4 is 7.12 Å². The van der Waals surface area contributed by atoms with Gasteiger partial charge in [0.15, 0.2) is 0 Å². The minimum absolute atomic E-state index is 0.0623. The van der Waals surface area contributed by atoms with Crippen molar-refractivity contribution < 1.29 is 14.4 Å². The van der Waals surface area contributed by atoms with E-state index in [1.54, 1.807) is 0 Å². The average molecular weight is 262 g/mol. The van der Waals surface area contributed by atoms with E-state index in [9.17, 15) is 5.11 Å². The van der Waals surface area contributed by atoms with E-state index in [1.807, 2.05) is 45.9 Å². The second-order valence-corrected chi connectivity index (χ2v) is 6.15. The molecule has 1 aliphatic rings. The van der Waals surface area contributed by atoms with Crippen molar-refractivity contribution in [2.45, 2.75) is 51.1 Å². The third-order valence-electron chi connectivity index (χ3n) is 4.27. The highest BCUT2D eigenvalue weighted by molar-refractivity contribution is 6.47. The Balaban J connectivity index is 2.23. The van der Waals surface area contributed by atoms with Crippen molar-refractivity contribution in [3.05, 3.63) is 35.9 Å². The number of hydrogen-bond donors (Lipinski definition) is 1. The van der Waals surface area contributed by atoms with E-state index in [2.05, 4.69) is 12.1 Å². The molecule has 3 nitrogen and oxygen atoms in total. The van der Waals surface area contributed by atoms with E-state index >= 15 is 0 Å². The van der Waals surface area contributed by atoms with Gasteiger partial charge in [0.1, 0.15) is 0 Å². The summed E-state index contributed by atoms with van der Waals surface area (Å²) >= 11 is 0. The van der Waals surface area contributed by atoms with Gasteiger partial charge in [0.25, 0.3) is 0 Å². The maximum absolute atomic E-state index is 9.31. The maximum atomic E-state index is 9.31. The van der Waals surface area contributed by atoms with Gasteiger partial charge in [-0.05, 0) is 39.7 Å². The fraction of sp³-hybridized carbons (Fsp3) is 0.600. The van der Waals surface area contributed by atoms with Gasteiger partial charge in [-0.3, -0.25) is 0 Å². The van der Waals surface area contributed by atoms with Gasteiger partial charge in [-0.1, -0.05) is 30.3 Å². The van der Waals surface area contributed by atoms with E-state index in [0.717, 1.165) is 5.56 Å². The third kappa shape index (κ3) is 2.86. The van der Waals surface area contributed by atoms with Crippen LogP contribution in [-0.2, 0) is 9.31 Å². The van der Waals surface area contributed by atoms with Crippen molar-refractivity contribution in [1.29, 1.82) is 0 Å². The minimum atomic E-state index is -0.333. The average Bonchev–Trinajstić information content (AvgIpc) is 2.56. The van der Waals surface area contributed by atoms with Gasteiger partial charge < -0.3 is 14.4 Å². The number of aliphatic hydroxyl groups excluding tert-OH is 1. The van der Waals surface area contributed by atoms with Crippen molar-refractivity contribution in [2.24, 2.45) is 0 Å². The van der Waals surface area contributed by atoms with Crippen LogP contribution in [0.1, 0.15) is 45.5 Å². The Labute approximate surface area is 116 Å². The van der Waals surface area contributed by atoms with Crippen LogP contribution in [0.25, 0.3) is 0 Å². The van der Waals surface area contributed by atoms with Crippen LogP contribution in [0.3, 0.4) is 0 Å². The summed E-state index contributed by atoms with van der Waals surface area (Å²) < 4.78 is 12.2. The van der Waals surface area contributed by atoms with Crippen LogP contribution in [0.2, 0.25) is 0 Å². The van der Waals surface area contributed by atoms with Crippen LogP contribution in [0.5, 0.6) is 0 Å². The summed E-state index contributed by atoms with van der Waals surface area (Å²) in [5.41, 5.74) is 0.482. The molecule has 0 bridgehead atoms. The monoisotopic (exact) mass is 262 g/mol. The molecule has 4 heteroatoms. The SMILES string of the molecule is CC1(C)OB(C(CCO)c2ccccc2)OC1(C)C. The lowest BCUT2D eigenvalue weighted by molar-refractivity contribution is 0.00578. The highest BCUT2D eigenvalue weighted by Gasteiger charge is 2.53. The Kier molecular flexibility index (Phi) is 4.04. The Morgan fingerprint density at radius 3 is 2.05 bits per heavy atom. The first-order valence-electron chi connectivity index (χ1n) is 6.89. The normalized spacial score (nSPS) is 22.5. The van der Waals surface area contributed by atoms with Crippen LogP contribution in [0.15, 0.2) is 30.3 Å². The zero-order chi connectivity index (χ0) is 14.1. The van der Waals surface area contributed by atoms with Crippen LogP contribution >= 0.6 is 0 Å². The lowest BCUT2D eigenvalue weighted by Gasteiger charge is -2.32. The number of hydrogen-bond acceptors (Lipinski definition) is 3. The predicted molar refractivity (Wildman–Crippen MR) is 77.0 cm³/mol. The molecule has 0 amide bonds. The zero-order valence-electron chi connectivity index (χ0n) is 12.2. The molecule has 19 heavy (non-hydrogen) atoms. The lowest BCUT2D eigenvalue weighted by atomic mass is 9.66. The fourth-order valence-electron chi connectivity index (χ4n) is 2.35. The second kappa shape index (κ2) is 5.27. The zero-order valence-corrected chi connectivity index (χ0v) is 12.2. The summed E-state index contributed by atoms with van der Waals surface area (Å²) in [4.78, 5) is 0. The molecule has 0 radical (unpaired) electrons. The van der Waals surface area contributed by atoms with E-state index in [4.69, 9.17) is 9.31 Å². The van der Waals surface area contributed by atoms with Crippen LogP contribution in [-0.4, -0.2) is 30.0 Å². The highest BCUT2D eigenvalue weighted by atomic mass is 16.7. The molecular formula is C15H23BO3. The standard InChI is InChI=1S/C15H23BO3/c1-14(2)15(3,4)19-16(18-14)13(10-11-17)12-8-6-5-7-9-12/h5-9,13,17H,10-11H2,1-4H3. The molecule has 2 rings (SSSR count). The molecule has 1 unspecified atom stereocenters. The molecule has 0 aliphatic carbocycles. The molecular weight excluding hydrogens is 239 g/mol. The molecule has 1 saturated heterocycles. The Hall–Kier alpha value is -0.835. The molecule has 1 atom stereocenters. The van der Waals surface area contributed by atoms with Crippen molar-refractivity contribution in [1.82, 2.24) is 0 Å². The van der Waals surface area contributed by atoms with Gasteiger partial charge in [0.2, 0.25) is 0 Å². The lowest BCUT2D eigenvalue weighted by Crippen LogP contribution is -2.41. The molecule has 0 saturated carbocycles. The fourth-order valence-corrected chi connectivity index (χ4v) is 2.35. The Morgan fingerprint density at radius 2 is 1.58 bits per heavy atom. The van der Waals surface area contributed by atoms with Gasteiger partial charge >= 0.3 is 7.12 Å². The number of benzene rings is 1. The summed E-state index contributed by atoms with van der Waals surface area (Å²) in [6.07, 6.45) is 0.640. The molecule has 1 N–H and O–H groups in total. The molecule has 1 heterocycles. The summed E-state index contributed by atoms with van der Waals surface area (Å²) in [6, 6.07) is 10.1. The van der Waals surface area contributed by atoms with Crippen molar-refractivity contribution in [3.8, 4) is 0 Å². The maximum Gasteiger partial charge on any atom is 0.465 e. The van der Waals surface area contributed by atoms with Crippen molar-refractivity contribution in [2.75, 3.05) is 6.61 Å². The first kappa shape index (κ1) is 14.6. The first-order valence-corrected chi connectivity index (χ1v) is 6.89. The van der Waals surface area contributed by atoms with Gasteiger partial charge in [0, 0.05) is 12.4 Å².